The lowest BCUT2D eigenvalue weighted by Gasteiger charge is -2.12. The maximum atomic E-state index is 9.55. The fourth-order valence-corrected chi connectivity index (χ4v) is 1.75. The first-order valence-electron chi connectivity index (χ1n) is 6.27. The van der Waals surface area contributed by atoms with E-state index in [9.17, 15) is 10.2 Å². The van der Waals surface area contributed by atoms with Gasteiger partial charge in [0.2, 0.25) is 0 Å². The summed E-state index contributed by atoms with van der Waals surface area (Å²) in [5.41, 5.74) is 1.74. The molecule has 0 heterocycles. The fourth-order valence-electron chi connectivity index (χ4n) is 1.75. The molecule has 0 aliphatic carbocycles. The standard InChI is InChI=1S/C16H17NO3/c1-17-10-16(13-7-8-14(18)15(19)9-13)20-11-12-5-3-2-4-6-12/h2-10,17-19H,11H2,1H3. The molecule has 0 aromatic heterocycles. The zero-order valence-electron chi connectivity index (χ0n) is 11.2. The Morgan fingerprint density at radius 3 is 2.50 bits per heavy atom. The van der Waals surface area contributed by atoms with E-state index in [-0.39, 0.29) is 11.5 Å². The highest BCUT2D eigenvalue weighted by molar-refractivity contribution is 5.62. The highest BCUT2D eigenvalue weighted by atomic mass is 16.5. The van der Waals surface area contributed by atoms with Crippen LogP contribution in [-0.2, 0) is 11.3 Å². The predicted octanol–water partition coefficient (Wildman–Crippen LogP) is 2.83. The van der Waals surface area contributed by atoms with Gasteiger partial charge in [0.25, 0.3) is 0 Å². The monoisotopic (exact) mass is 271 g/mol. The Kier molecular flexibility index (Phi) is 4.50. The van der Waals surface area contributed by atoms with Crippen LogP contribution in [0.1, 0.15) is 11.1 Å². The predicted molar refractivity (Wildman–Crippen MR) is 78.0 cm³/mol. The molecule has 2 aromatic carbocycles. The first kappa shape index (κ1) is 13.8. The maximum absolute atomic E-state index is 9.55. The Morgan fingerprint density at radius 1 is 1.10 bits per heavy atom. The summed E-state index contributed by atoms with van der Waals surface area (Å²) >= 11 is 0. The molecule has 4 heteroatoms. The van der Waals surface area contributed by atoms with Crippen LogP contribution in [0.25, 0.3) is 5.76 Å². The second-order valence-electron chi connectivity index (χ2n) is 4.28. The lowest BCUT2D eigenvalue weighted by molar-refractivity contribution is 0.263. The molecule has 0 spiro atoms. The Bertz CT molecular complexity index is 594. The minimum Gasteiger partial charge on any atom is -0.504 e. The largest absolute Gasteiger partial charge is 0.504 e. The molecule has 0 bridgehead atoms. The second-order valence-corrected chi connectivity index (χ2v) is 4.28. The van der Waals surface area contributed by atoms with Crippen LogP contribution in [0.15, 0.2) is 54.7 Å². The minimum atomic E-state index is -0.173. The molecule has 0 saturated heterocycles. The van der Waals surface area contributed by atoms with Crippen LogP contribution >= 0.6 is 0 Å². The number of benzene rings is 2. The van der Waals surface area contributed by atoms with Gasteiger partial charge in [0.05, 0.1) is 0 Å². The van der Waals surface area contributed by atoms with Crippen molar-refractivity contribution in [3.05, 3.63) is 65.9 Å². The Morgan fingerprint density at radius 2 is 1.85 bits per heavy atom. The SMILES string of the molecule is CNC=C(OCc1ccccc1)c1ccc(O)c(O)c1. The van der Waals surface area contributed by atoms with Gasteiger partial charge in [0.15, 0.2) is 11.5 Å². The Labute approximate surface area is 118 Å². The quantitative estimate of drug-likeness (QED) is 0.578. The van der Waals surface area contributed by atoms with Crippen molar-refractivity contribution >= 4 is 5.76 Å². The van der Waals surface area contributed by atoms with E-state index >= 15 is 0 Å². The van der Waals surface area contributed by atoms with Crippen LogP contribution in [0.3, 0.4) is 0 Å². The number of aromatic hydroxyl groups is 2. The molecule has 20 heavy (non-hydrogen) atoms. The highest BCUT2D eigenvalue weighted by Gasteiger charge is 2.07. The summed E-state index contributed by atoms with van der Waals surface area (Å²) in [6.45, 7) is 0.427. The summed E-state index contributed by atoms with van der Waals surface area (Å²) < 4.78 is 5.76. The van der Waals surface area contributed by atoms with Gasteiger partial charge in [-0.1, -0.05) is 30.3 Å². The van der Waals surface area contributed by atoms with E-state index in [1.807, 2.05) is 30.3 Å². The summed E-state index contributed by atoms with van der Waals surface area (Å²) in [6.07, 6.45) is 1.70. The summed E-state index contributed by atoms with van der Waals surface area (Å²) in [5.74, 6) is 0.264. The molecule has 3 N–H and O–H groups in total. The van der Waals surface area contributed by atoms with E-state index in [1.54, 1.807) is 19.3 Å². The Hall–Kier alpha value is -2.62. The number of hydrogen-bond acceptors (Lipinski definition) is 4. The third-order valence-electron chi connectivity index (χ3n) is 2.77. The first-order chi connectivity index (χ1) is 9.70. The molecule has 0 unspecified atom stereocenters. The number of phenols is 2. The summed E-state index contributed by atoms with van der Waals surface area (Å²) in [5, 5.41) is 21.8. The molecule has 4 nitrogen and oxygen atoms in total. The van der Waals surface area contributed by atoms with Crippen molar-refractivity contribution in [1.82, 2.24) is 5.32 Å². The minimum absolute atomic E-state index is 0.152. The van der Waals surface area contributed by atoms with Crippen LogP contribution in [-0.4, -0.2) is 17.3 Å². The molecular weight excluding hydrogens is 254 g/mol. The summed E-state index contributed by atoms with van der Waals surface area (Å²) in [6, 6.07) is 14.4. The molecular formula is C16H17NO3. The number of hydrogen-bond donors (Lipinski definition) is 3. The molecule has 104 valence electrons. The van der Waals surface area contributed by atoms with Crippen LogP contribution in [0.5, 0.6) is 11.5 Å². The molecule has 2 rings (SSSR count). The molecule has 0 saturated carbocycles. The van der Waals surface area contributed by atoms with Gasteiger partial charge in [-0.25, -0.2) is 0 Å². The van der Waals surface area contributed by atoms with E-state index in [4.69, 9.17) is 4.74 Å². The van der Waals surface area contributed by atoms with Gasteiger partial charge < -0.3 is 20.3 Å². The third-order valence-corrected chi connectivity index (χ3v) is 2.77. The highest BCUT2D eigenvalue weighted by Crippen LogP contribution is 2.28. The average molecular weight is 271 g/mol. The number of rotatable bonds is 5. The molecule has 0 fully saturated rings. The number of nitrogens with one attached hydrogen (secondary N) is 1. The van der Waals surface area contributed by atoms with Crippen molar-refractivity contribution in [1.29, 1.82) is 0 Å². The zero-order valence-corrected chi connectivity index (χ0v) is 11.2. The molecule has 2 aromatic rings. The van der Waals surface area contributed by atoms with Crippen molar-refractivity contribution in [2.45, 2.75) is 6.61 Å². The van der Waals surface area contributed by atoms with E-state index in [0.717, 1.165) is 5.56 Å². The average Bonchev–Trinajstić information content (AvgIpc) is 2.47. The van der Waals surface area contributed by atoms with Crippen LogP contribution in [0.4, 0.5) is 0 Å². The topological polar surface area (TPSA) is 61.7 Å². The molecule has 0 radical (unpaired) electrons. The van der Waals surface area contributed by atoms with E-state index in [2.05, 4.69) is 5.32 Å². The molecule has 0 amide bonds. The third kappa shape index (κ3) is 3.45. The van der Waals surface area contributed by atoms with Crippen molar-refractivity contribution in [2.24, 2.45) is 0 Å². The van der Waals surface area contributed by atoms with Gasteiger partial charge in [-0.3, -0.25) is 0 Å². The van der Waals surface area contributed by atoms with Crippen molar-refractivity contribution in [3.63, 3.8) is 0 Å². The summed E-state index contributed by atoms with van der Waals surface area (Å²) in [7, 11) is 1.77. The maximum Gasteiger partial charge on any atom is 0.158 e. The van der Waals surface area contributed by atoms with E-state index < -0.39 is 0 Å². The molecule has 0 aliphatic heterocycles. The summed E-state index contributed by atoms with van der Waals surface area (Å²) in [4.78, 5) is 0. The van der Waals surface area contributed by atoms with Crippen LogP contribution in [0, 0.1) is 0 Å². The lowest BCUT2D eigenvalue weighted by atomic mass is 10.1. The number of ether oxygens (including phenoxy) is 1. The second kappa shape index (κ2) is 6.52. The zero-order chi connectivity index (χ0) is 14.4. The van der Waals surface area contributed by atoms with Gasteiger partial charge in [0, 0.05) is 18.8 Å². The van der Waals surface area contributed by atoms with E-state index in [0.29, 0.717) is 17.9 Å². The fraction of sp³-hybridized carbons (Fsp3) is 0.125. The van der Waals surface area contributed by atoms with Gasteiger partial charge in [-0.15, -0.1) is 0 Å². The van der Waals surface area contributed by atoms with Gasteiger partial charge in [0.1, 0.15) is 12.4 Å². The van der Waals surface area contributed by atoms with Crippen LogP contribution < -0.4 is 5.32 Å². The van der Waals surface area contributed by atoms with Gasteiger partial charge in [-0.2, -0.15) is 0 Å². The van der Waals surface area contributed by atoms with Crippen molar-refractivity contribution < 1.29 is 14.9 Å². The van der Waals surface area contributed by atoms with Crippen molar-refractivity contribution in [2.75, 3.05) is 7.05 Å². The number of phenolic OH excluding ortho intramolecular Hbond substituents is 2. The first-order valence-corrected chi connectivity index (χ1v) is 6.27. The molecule has 0 aliphatic rings. The smallest absolute Gasteiger partial charge is 0.158 e. The lowest BCUT2D eigenvalue weighted by Crippen LogP contribution is -2.00. The van der Waals surface area contributed by atoms with E-state index in [1.165, 1.54) is 12.1 Å². The van der Waals surface area contributed by atoms with Gasteiger partial charge >= 0.3 is 0 Å². The van der Waals surface area contributed by atoms with Crippen molar-refractivity contribution in [3.8, 4) is 11.5 Å². The molecule has 0 atom stereocenters. The van der Waals surface area contributed by atoms with Gasteiger partial charge in [-0.05, 0) is 23.8 Å². The Balaban J connectivity index is 2.15. The normalized spacial score (nSPS) is 11.2. The van der Waals surface area contributed by atoms with Crippen LogP contribution in [0.2, 0.25) is 0 Å².